The van der Waals surface area contributed by atoms with Gasteiger partial charge in [-0.1, -0.05) is 60.2 Å². The molecule has 34 heavy (non-hydrogen) atoms. The zero-order chi connectivity index (χ0) is 23.5. The highest BCUT2D eigenvalue weighted by molar-refractivity contribution is 5.93. The second-order valence-electron chi connectivity index (χ2n) is 9.18. The van der Waals surface area contributed by atoms with Crippen LogP contribution in [0.4, 0.5) is 0 Å². The van der Waals surface area contributed by atoms with E-state index in [2.05, 4.69) is 28.5 Å². The van der Waals surface area contributed by atoms with Gasteiger partial charge in [-0.25, -0.2) is 4.98 Å². The van der Waals surface area contributed by atoms with Crippen molar-refractivity contribution >= 4 is 11.8 Å². The molecular weight excluding hydrogens is 428 g/mol. The highest BCUT2D eigenvalue weighted by Gasteiger charge is 2.32. The third kappa shape index (κ3) is 4.75. The van der Waals surface area contributed by atoms with Crippen molar-refractivity contribution in [3.8, 4) is 0 Å². The summed E-state index contributed by atoms with van der Waals surface area (Å²) < 4.78 is 8.09. The molecule has 0 spiro atoms. The minimum absolute atomic E-state index is 0.0417. The molecule has 1 unspecified atom stereocenters. The molecule has 0 radical (unpaired) electrons. The van der Waals surface area contributed by atoms with E-state index in [0.29, 0.717) is 51.3 Å². The second kappa shape index (κ2) is 9.81. The third-order valence-corrected chi connectivity index (χ3v) is 6.81. The topological polar surface area (TPSA) is 76.5 Å². The maximum Gasteiger partial charge on any atom is 0.274 e. The molecule has 1 aromatic heterocycles. The van der Waals surface area contributed by atoms with Crippen molar-refractivity contribution < 1.29 is 14.3 Å². The number of fused-ring (bicyclic) bond motifs is 1. The van der Waals surface area contributed by atoms with Crippen LogP contribution in [0.3, 0.4) is 0 Å². The van der Waals surface area contributed by atoms with Crippen LogP contribution < -0.4 is 5.32 Å². The SMILES string of the molecule is Cc1cccc(CNC(=O)C2CCN(C(=O)c3ncn4c3COC(c3ccccc3)C4)CC2)c1. The number of hydrogen-bond acceptors (Lipinski definition) is 4. The summed E-state index contributed by atoms with van der Waals surface area (Å²) in [7, 11) is 0. The lowest BCUT2D eigenvalue weighted by Gasteiger charge is -2.31. The van der Waals surface area contributed by atoms with Gasteiger partial charge in [0.25, 0.3) is 5.91 Å². The highest BCUT2D eigenvalue weighted by atomic mass is 16.5. The number of likely N-dealkylation sites (tertiary alicyclic amines) is 1. The molecule has 1 atom stereocenters. The van der Waals surface area contributed by atoms with Gasteiger partial charge in [0.05, 0.1) is 25.2 Å². The summed E-state index contributed by atoms with van der Waals surface area (Å²) in [5, 5.41) is 3.05. The summed E-state index contributed by atoms with van der Waals surface area (Å²) in [5.74, 6) is -0.0813. The van der Waals surface area contributed by atoms with E-state index in [1.807, 2.05) is 52.8 Å². The zero-order valence-corrected chi connectivity index (χ0v) is 19.4. The molecular formula is C27H30N4O3. The van der Waals surface area contributed by atoms with E-state index in [0.717, 1.165) is 16.8 Å². The Morgan fingerprint density at radius 3 is 2.65 bits per heavy atom. The van der Waals surface area contributed by atoms with Crippen molar-refractivity contribution in [2.75, 3.05) is 13.1 Å². The Bertz CT molecular complexity index is 1170. The van der Waals surface area contributed by atoms with Gasteiger partial charge < -0.3 is 19.5 Å². The van der Waals surface area contributed by atoms with Crippen LogP contribution in [-0.2, 0) is 29.2 Å². The number of imidazole rings is 1. The van der Waals surface area contributed by atoms with E-state index < -0.39 is 0 Å². The van der Waals surface area contributed by atoms with Crippen molar-refractivity contribution in [1.82, 2.24) is 19.8 Å². The van der Waals surface area contributed by atoms with Gasteiger partial charge in [-0.3, -0.25) is 9.59 Å². The Labute approximate surface area is 199 Å². The van der Waals surface area contributed by atoms with E-state index in [1.54, 1.807) is 6.33 Å². The quantitative estimate of drug-likeness (QED) is 0.634. The standard InChI is InChI=1S/C27H30N4O3/c1-19-6-5-7-20(14-19)15-28-26(32)22-10-12-30(13-11-22)27(33)25-23-17-34-24(16-31(23)18-29-25)21-8-3-2-4-9-21/h2-9,14,18,22,24H,10-13,15-17H2,1H3,(H,28,32). The molecule has 0 aliphatic carbocycles. The first-order valence-electron chi connectivity index (χ1n) is 11.9. The lowest BCUT2D eigenvalue weighted by molar-refractivity contribution is -0.126. The molecule has 5 rings (SSSR count). The molecule has 1 N–H and O–H groups in total. The molecule has 7 nitrogen and oxygen atoms in total. The molecule has 2 aliphatic heterocycles. The molecule has 7 heteroatoms. The van der Waals surface area contributed by atoms with Crippen LogP contribution in [0.15, 0.2) is 60.9 Å². The molecule has 3 aromatic rings. The number of ether oxygens (including phenoxy) is 1. The molecule has 176 valence electrons. The zero-order valence-electron chi connectivity index (χ0n) is 19.4. The van der Waals surface area contributed by atoms with Crippen molar-refractivity contribution in [3.05, 3.63) is 89.0 Å². The van der Waals surface area contributed by atoms with Crippen LogP contribution in [0.5, 0.6) is 0 Å². The average Bonchev–Trinajstić information content (AvgIpc) is 3.31. The van der Waals surface area contributed by atoms with E-state index in [9.17, 15) is 9.59 Å². The average molecular weight is 459 g/mol. The Morgan fingerprint density at radius 1 is 1.09 bits per heavy atom. The highest BCUT2D eigenvalue weighted by Crippen LogP contribution is 2.28. The van der Waals surface area contributed by atoms with Crippen LogP contribution in [-0.4, -0.2) is 39.4 Å². The number of carbonyl (C=O) groups excluding carboxylic acids is 2. The fourth-order valence-electron chi connectivity index (χ4n) is 4.83. The maximum atomic E-state index is 13.2. The van der Waals surface area contributed by atoms with Gasteiger partial charge in [0, 0.05) is 25.6 Å². The van der Waals surface area contributed by atoms with Crippen molar-refractivity contribution in [2.24, 2.45) is 5.92 Å². The number of nitrogens with one attached hydrogen (secondary N) is 1. The number of amides is 2. The summed E-state index contributed by atoms with van der Waals surface area (Å²) >= 11 is 0. The fraction of sp³-hybridized carbons (Fsp3) is 0.370. The Balaban J connectivity index is 1.15. The first-order valence-corrected chi connectivity index (χ1v) is 11.9. The van der Waals surface area contributed by atoms with Gasteiger partial charge in [-0.05, 0) is 30.9 Å². The number of nitrogens with zero attached hydrogens (tertiary/aromatic N) is 3. The summed E-state index contributed by atoms with van der Waals surface area (Å²) in [6.07, 6.45) is 3.02. The number of piperidine rings is 1. The van der Waals surface area contributed by atoms with E-state index >= 15 is 0 Å². The summed E-state index contributed by atoms with van der Waals surface area (Å²) in [6.45, 7) is 4.69. The Kier molecular flexibility index (Phi) is 6.45. The Hall–Kier alpha value is -3.45. The van der Waals surface area contributed by atoms with E-state index in [4.69, 9.17) is 4.74 Å². The molecule has 2 amide bonds. The first kappa shape index (κ1) is 22.3. The summed E-state index contributed by atoms with van der Waals surface area (Å²) in [5.41, 5.74) is 4.70. The van der Waals surface area contributed by atoms with Crippen LogP contribution >= 0.6 is 0 Å². The van der Waals surface area contributed by atoms with Gasteiger partial charge >= 0.3 is 0 Å². The number of aryl methyl sites for hydroxylation is 1. The van der Waals surface area contributed by atoms with Gasteiger partial charge in [0.1, 0.15) is 6.10 Å². The number of rotatable bonds is 5. The molecule has 2 aromatic carbocycles. The first-order chi connectivity index (χ1) is 16.6. The predicted molar refractivity (Wildman–Crippen MR) is 128 cm³/mol. The van der Waals surface area contributed by atoms with Gasteiger partial charge in [-0.2, -0.15) is 0 Å². The normalized spacial score (nSPS) is 18.4. The number of hydrogen-bond donors (Lipinski definition) is 1. The van der Waals surface area contributed by atoms with Crippen LogP contribution in [0.1, 0.15) is 51.8 Å². The minimum atomic E-state index is -0.0749. The van der Waals surface area contributed by atoms with Gasteiger partial charge in [0.2, 0.25) is 5.91 Å². The summed E-state index contributed by atoms with van der Waals surface area (Å²) in [6, 6.07) is 18.3. The second-order valence-corrected chi connectivity index (χ2v) is 9.18. The van der Waals surface area contributed by atoms with Crippen LogP contribution in [0, 0.1) is 12.8 Å². The molecule has 3 heterocycles. The van der Waals surface area contributed by atoms with Crippen molar-refractivity contribution in [1.29, 1.82) is 0 Å². The number of carbonyl (C=O) groups is 2. The minimum Gasteiger partial charge on any atom is -0.365 e. The lowest BCUT2D eigenvalue weighted by atomic mass is 9.95. The van der Waals surface area contributed by atoms with Crippen molar-refractivity contribution in [3.63, 3.8) is 0 Å². The monoisotopic (exact) mass is 458 g/mol. The predicted octanol–water partition coefficient (Wildman–Crippen LogP) is 3.63. The molecule has 0 saturated carbocycles. The molecule has 0 bridgehead atoms. The molecule has 1 fully saturated rings. The lowest BCUT2D eigenvalue weighted by Crippen LogP contribution is -2.43. The van der Waals surface area contributed by atoms with E-state index in [-0.39, 0.29) is 23.8 Å². The number of aromatic nitrogens is 2. The van der Waals surface area contributed by atoms with Crippen LogP contribution in [0.2, 0.25) is 0 Å². The van der Waals surface area contributed by atoms with Crippen LogP contribution in [0.25, 0.3) is 0 Å². The molecule has 1 saturated heterocycles. The molecule has 2 aliphatic rings. The van der Waals surface area contributed by atoms with Crippen molar-refractivity contribution in [2.45, 2.75) is 45.6 Å². The Morgan fingerprint density at radius 2 is 1.88 bits per heavy atom. The summed E-state index contributed by atoms with van der Waals surface area (Å²) in [4.78, 5) is 32.1. The number of benzene rings is 2. The van der Waals surface area contributed by atoms with Gasteiger partial charge in [-0.15, -0.1) is 0 Å². The largest absolute Gasteiger partial charge is 0.365 e. The van der Waals surface area contributed by atoms with E-state index in [1.165, 1.54) is 5.56 Å². The van der Waals surface area contributed by atoms with Gasteiger partial charge in [0.15, 0.2) is 5.69 Å². The fourth-order valence-corrected chi connectivity index (χ4v) is 4.83. The third-order valence-electron chi connectivity index (χ3n) is 6.81. The maximum absolute atomic E-state index is 13.2. The smallest absolute Gasteiger partial charge is 0.274 e.